The number of rotatable bonds is 0. The molecule has 2 amide bonds. The lowest BCUT2D eigenvalue weighted by Gasteiger charge is -2.50. The number of fused-ring (bicyclic) bond motifs is 4. The van der Waals surface area contributed by atoms with E-state index in [0.29, 0.717) is 19.6 Å². The molecule has 0 radical (unpaired) electrons. The number of nitrogens with zero attached hydrogens (tertiary/aromatic N) is 2. The molecule has 1 N–H and O–H groups in total. The molecule has 3 aliphatic rings. The van der Waals surface area contributed by atoms with Crippen molar-refractivity contribution in [2.24, 2.45) is 0 Å². The summed E-state index contributed by atoms with van der Waals surface area (Å²) < 4.78 is 5.74. The van der Waals surface area contributed by atoms with Gasteiger partial charge in [-0.05, 0) is 44.9 Å². The molecule has 3 heterocycles. The van der Waals surface area contributed by atoms with Gasteiger partial charge in [-0.15, -0.1) is 0 Å². The second kappa shape index (κ2) is 6.49. The van der Waals surface area contributed by atoms with Crippen molar-refractivity contribution in [2.75, 3.05) is 23.0 Å². The Hall–Kier alpha value is -3.02. The lowest BCUT2D eigenvalue weighted by atomic mass is 9.72. The Morgan fingerprint density at radius 1 is 1.10 bits per heavy atom. The van der Waals surface area contributed by atoms with Crippen LogP contribution in [0.4, 0.5) is 16.2 Å². The molecule has 0 aliphatic carbocycles. The molecule has 0 bridgehead atoms. The molecule has 5 rings (SSSR count). The molecule has 30 heavy (non-hydrogen) atoms. The fourth-order valence-electron chi connectivity index (χ4n) is 5.36. The topological polar surface area (TPSA) is 61.9 Å². The molecule has 2 aromatic rings. The minimum Gasteiger partial charge on any atom is -0.443 e. The van der Waals surface area contributed by atoms with E-state index in [1.807, 2.05) is 51.1 Å². The molecule has 6 heteroatoms. The van der Waals surface area contributed by atoms with E-state index in [4.69, 9.17) is 4.74 Å². The van der Waals surface area contributed by atoms with Crippen LogP contribution >= 0.6 is 0 Å². The smallest absolute Gasteiger partial charge is 0.416 e. The van der Waals surface area contributed by atoms with Crippen molar-refractivity contribution >= 4 is 23.4 Å². The van der Waals surface area contributed by atoms with Crippen molar-refractivity contribution in [2.45, 2.75) is 50.7 Å². The number of para-hydroxylation sites is 2. The number of carbonyl (C=O) groups excluding carboxylic acids is 2. The predicted molar refractivity (Wildman–Crippen MR) is 116 cm³/mol. The van der Waals surface area contributed by atoms with Crippen LogP contribution in [0.15, 0.2) is 48.5 Å². The van der Waals surface area contributed by atoms with Crippen LogP contribution < -0.4 is 15.1 Å². The SMILES string of the molecule is CC(C)(C)OC(=O)N1CN2c3ccccc3[C@H]3CC(=O)NCC[C@]32c2ccccc21. The summed E-state index contributed by atoms with van der Waals surface area (Å²) in [6.07, 6.45) is 0.875. The van der Waals surface area contributed by atoms with Crippen molar-refractivity contribution in [3.8, 4) is 0 Å². The third-order valence-corrected chi connectivity index (χ3v) is 6.44. The predicted octanol–water partition coefficient (Wildman–Crippen LogP) is 4.11. The Balaban J connectivity index is 1.70. The first-order valence-electron chi connectivity index (χ1n) is 10.5. The summed E-state index contributed by atoms with van der Waals surface area (Å²) in [6.45, 7) is 6.65. The molecule has 0 aromatic heterocycles. The molecule has 156 valence electrons. The largest absolute Gasteiger partial charge is 0.443 e. The van der Waals surface area contributed by atoms with Crippen LogP contribution in [0, 0.1) is 0 Å². The normalized spacial score (nSPS) is 24.8. The summed E-state index contributed by atoms with van der Waals surface area (Å²) in [5, 5.41) is 3.06. The van der Waals surface area contributed by atoms with Crippen LogP contribution in [0.1, 0.15) is 50.7 Å². The van der Waals surface area contributed by atoms with Gasteiger partial charge in [0.15, 0.2) is 0 Å². The monoisotopic (exact) mass is 405 g/mol. The van der Waals surface area contributed by atoms with Gasteiger partial charge in [-0.1, -0.05) is 36.4 Å². The highest BCUT2D eigenvalue weighted by atomic mass is 16.6. The second-order valence-corrected chi connectivity index (χ2v) is 9.33. The van der Waals surface area contributed by atoms with E-state index in [-0.39, 0.29) is 23.5 Å². The lowest BCUT2D eigenvalue weighted by molar-refractivity contribution is -0.121. The highest BCUT2D eigenvalue weighted by molar-refractivity contribution is 5.93. The van der Waals surface area contributed by atoms with Gasteiger partial charge >= 0.3 is 6.09 Å². The summed E-state index contributed by atoms with van der Waals surface area (Å²) in [5.74, 6) is 0.124. The molecule has 1 fully saturated rings. The van der Waals surface area contributed by atoms with Gasteiger partial charge in [-0.2, -0.15) is 0 Å². The van der Waals surface area contributed by atoms with Gasteiger partial charge < -0.3 is 15.0 Å². The van der Waals surface area contributed by atoms with Crippen molar-refractivity contribution in [3.63, 3.8) is 0 Å². The fourth-order valence-corrected chi connectivity index (χ4v) is 5.36. The Morgan fingerprint density at radius 2 is 1.80 bits per heavy atom. The van der Waals surface area contributed by atoms with E-state index < -0.39 is 5.60 Å². The third kappa shape index (κ3) is 2.70. The molecule has 0 saturated carbocycles. The highest BCUT2D eigenvalue weighted by Crippen LogP contribution is 2.60. The number of amides is 2. The second-order valence-electron chi connectivity index (χ2n) is 9.33. The van der Waals surface area contributed by atoms with Gasteiger partial charge in [0.1, 0.15) is 12.3 Å². The molecule has 0 unspecified atom stereocenters. The molecule has 2 aromatic carbocycles. The zero-order chi connectivity index (χ0) is 21.1. The number of hydrogen-bond donors (Lipinski definition) is 1. The van der Waals surface area contributed by atoms with Crippen LogP contribution in [-0.2, 0) is 15.1 Å². The molecule has 1 saturated heterocycles. The Kier molecular flexibility index (Phi) is 4.10. The molecule has 3 aliphatic heterocycles. The fraction of sp³-hybridized carbons (Fsp3) is 0.417. The minimum atomic E-state index is -0.578. The Morgan fingerprint density at radius 3 is 2.57 bits per heavy atom. The van der Waals surface area contributed by atoms with Crippen LogP contribution in [0.3, 0.4) is 0 Å². The molecular weight excluding hydrogens is 378 g/mol. The standard InChI is InChI=1S/C24H27N3O3/c1-23(2,3)30-22(29)26-15-27-19-10-6-4-8-16(19)18-14-21(28)25-13-12-24(18,27)17-9-5-7-11-20(17)26/h4-11,18H,12-15H2,1-3H3,(H,25,28)/t18-,24+/m1/s1. The van der Waals surface area contributed by atoms with Crippen molar-refractivity contribution in [1.29, 1.82) is 0 Å². The summed E-state index contributed by atoms with van der Waals surface area (Å²) in [5.41, 5.74) is 3.29. The van der Waals surface area contributed by atoms with E-state index in [0.717, 1.165) is 23.4 Å². The van der Waals surface area contributed by atoms with Crippen molar-refractivity contribution in [3.05, 3.63) is 59.7 Å². The summed E-state index contributed by atoms with van der Waals surface area (Å²) in [7, 11) is 0. The first-order valence-corrected chi connectivity index (χ1v) is 10.5. The van der Waals surface area contributed by atoms with Crippen LogP contribution in [-0.4, -0.2) is 30.8 Å². The quantitative estimate of drug-likeness (QED) is 0.717. The van der Waals surface area contributed by atoms with Crippen molar-refractivity contribution < 1.29 is 14.3 Å². The van der Waals surface area contributed by atoms with Crippen LogP contribution in [0.25, 0.3) is 0 Å². The Bertz CT molecular complexity index is 1030. The number of benzene rings is 2. The molecule has 1 spiro atoms. The number of hydrogen-bond acceptors (Lipinski definition) is 4. The zero-order valence-electron chi connectivity index (χ0n) is 17.6. The lowest BCUT2D eigenvalue weighted by Crippen LogP contribution is -2.57. The van der Waals surface area contributed by atoms with Gasteiger partial charge in [0.2, 0.25) is 5.91 Å². The van der Waals surface area contributed by atoms with Crippen LogP contribution in [0.5, 0.6) is 0 Å². The summed E-state index contributed by atoms with van der Waals surface area (Å²) in [6, 6.07) is 16.4. The third-order valence-electron chi connectivity index (χ3n) is 6.44. The maximum Gasteiger partial charge on any atom is 0.416 e. The van der Waals surface area contributed by atoms with E-state index in [1.165, 1.54) is 5.56 Å². The van der Waals surface area contributed by atoms with E-state index in [9.17, 15) is 9.59 Å². The van der Waals surface area contributed by atoms with Gasteiger partial charge in [0.05, 0.1) is 11.2 Å². The average Bonchev–Trinajstić information content (AvgIpc) is 2.84. The number of anilines is 2. The zero-order valence-corrected chi connectivity index (χ0v) is 17.6. The number of nitrogens with one attached hydrogen (secondary N) is 1. The van der Waals surface area contributed by atoms with Gasteiger partial charge in [-0.25, -0.2) is 4.79 Å². The van der Waals surface area contributed by atoms with Crippen molar-refractivity contribution in [1.82, 2.24) is 5.32 Å². The maximum absolute atomic E-state index is 13.2. The molecule has 2 atom stereocenters. The Labute approximate surface area is 176 Å². The van der Waals surface area contributed by atoms with E-state index in [1.54, 1.807) is 4.90 Å². The maximum atomic E-state index is 13.2. The number of ether oxygens (including phenoxy) is 1. The van der Waals surface area contributed by atoms with Gasteiger partial charge in [0.25, 0.3) is 0 Å². The highest BCUT2D eigenvalue weighted by Gasteiger charge is 2.57. The van der Waals surface area contributed by atoms with Gasteiger partial charge in [0, 0.05) is 30.1 Å². The van der Waals surface area contributed by atoms with E-state index in [2.05, 4.69) is 28.4 Å². The molecule has 6 nitrogen and oxygen atoms in total. The van der Waals surface area contributed by atoms with Crippen LogP contribution in [0.2, 0.25) is 0 Å². The number of carbonyl (C=O) groups is 2. The first kappa shape index (κ1) is 19.0. The van der Waals surface area contributed by atoms with E-state index >= 15 is 0 Å². The summed E-state index contributed by atoms with van der Waals surface area (Å²) >= 11 is 0. The molecular formula is C24H27N3O3. The minimum absolute atomic E-state index is 0.0399. The van der Waals surface area contributed by atoms with Gasteiger partial charge in [-0.3, -0.25) is 9.69 Å². The summed E-state index contributed by atoms with van der Waals surface area (Å²) in [4.78, 5) is 29.7. The first-order chi connectivity index (χ1) is 14.3. The average molecular weight is 405 g/mol.